The van der Waals surface area contributed by atoms with Gasteiger partial charge in [0.05, 0.1) is 23.5 Å². The van der Waals surface area contributed by atoms with E-state index in [9.17, 15) is 9.59 Å². The van der Waals surface area contributed by atoms with Crippen LogP contribution < -0.4 is 5.32 Å². The molecule has 0 bridgehead atoms. The van der Waals surface area contributed by atoms with Gasteiger partial charge in [-0.05, 0) is 40.8 Å². The predicted molar refractivity (Wildman–Crippen MR) is 71.8 cm³/mol. The van der Waals surface area contributed by atoms with Crippen molar-refractivity contribution in [2.75, 3.05) is 5.32 Å². The van der Waals surface area contributed by atoms with Crippen molar-refractivity contribution < 1.29 is 9.59 Å². The standard InChI is InChI=1S/C11H7IN4O2/c12-6-1-2-7-9(3-6)16-10(4-11(18)13-7)8(5-17)14-15-16/h1-3,5H,4H2,(H,13,18). The summed E-state index contributed by atoms with van der Waals surface area (Å²) < 4.78 is 2.55. The van der Waals surface area contributed by atoms with Gasteiger partial charge in [0.2, 0.25) is 5.91 Å². The number of nitrogens with zero attached hydrogens (tertiary/aromatic N) is 3. The van der Waals surface area contributed by atoms with Crippen LogP contribution in [-0.2, 0) is 11.2 Å². The molecule has 0 radical (unpaired) electrons. The summed E-state index contributed by atoms with van der Waals surface area (Å²) >= 11 is 2.17. The smallest absolute Gasteiger partial charge is 0.230 e. The van der Waals surface area contributed by atoms with E-state index in [4.69, 9.17) is 0 Å². The molecule has 1 amide bonds. The Morgan fingerprint density at radius 1 is 1.44 bits per heavy atom. The van der Waals surface area contributed by atoms with E-state index in [-0.39, 0.29) is 18.0 Å². The Morgan fingerprint density at radius 2 is 2.28 bits per heavy atom. The normalized spacial score (nSPS) is 13.3. The number of nitrogens with one attached hydrogen (secondary N) is 1. The number of amides is 1. The molecule has 0 unspecified atom stereocenters. The molecule has 1 aliphatic rings. The van der Waals surface area contributed by atoms with Crippen molar-refractivity contribution in [3.8, 4) is 5.69 Å². The van der Waals surface area contributed by atoms with Gasteiger partial charge < -0.3 is 5.32 Å². The van der Waals surface area contributed by atoms with Crippen LogP contribution in [0.2, 0.25) is 0 Å². The van der Waals surface area contributed by atoms with Crippen molar-refractivity contribution in [2.24, 2.45) is 0 Å². The monoisotopic (exact) mass is 354 g/mol. The first-order chi connectivity index (χ1) is 8.69. The summed E-state index contributed by atoms with van der Waals surface area (Å²) in [5.74, 6) is -0.179. The molecule has 7 heteroatoms. The van der Waals surface area contributed by atoms with Crippen LogP contribution in [0.5, 0.6) is 0 Å². The summed E-state index contributed by atoms with van der Waals surface area (Å²) in [5, 5.41) is 10.5. The van der Waals surface area contributed by atoms with E-state index in [1.54, 1.807) is 4.68 Å². The van der Waals surface area contributed by atoms with E-state index in [2.05, 4.69) is 38.2 Å². The molecule has 1 aromatic heterocycles. The average molecular weight is 354 g/mol. The zero-order chi connectivity index (χ0) is 12.7. The molecule has 1 aromatic carbocycles. The first kappa shape index (κ1) is 11.3. The molecular weight excluding hydrogens is 347 g/mol. The largest absolute Gasteiger partial charge is 0.324 e. The number of carbonyl (C=O) groups excluding carboxylic acids is 2. The van der Waals surface area contributed by atoms with Crippen LogP contribution >= 0.6 is 22.6 Å². The van der Waals surface area contributed by atoms with Crippen molar-refractivity contribution in [3.63, 3.8) is 0 Å². The third kappa shape index (κ3) is 1.70. The predicted octanol–water partition coefficient (Wildman–Crippen LogP) is 1.18. The molecule has 3 rings (SSSR count). The number of anilines is 1. The summed E-state index contributed by atoms with van der Waals surface area (Å²) in [6.45, 7) is 0. The fourth-order valence-electron chi connectivity index (χ4n) is 1.90. The number of rotatable bonds is 1. The summed E-state index contributed by atoms with van der Waals surface area (Å²) in [7, 11) is 0. The van der Waals surface area contributed by atoms with Crippen LogP contribution in [0.3, 0.4) is 0 Å². The zero-order valence-electron chi connectivity index (χ0n) is 9.05. The number of hydrogen-bond donors (Lipinski definition) is 1. The van der Waals surface area contributed by atoms with E-state index in [0.717, 1.165) is 9.26 Å². The maximum Gasteiger partial charge on any atom is 0.230 e. The Bertz CT molecular complexity index is 665. The second kappa shape index (κ2) is 4.16. The first-order valence-electron chi connectivity index (χ1n) is 5.18. The van der Waals surface area contributed by atoms with Gasteiger partial charge in [-0.15, -0.1) is 5.10 Å². The Labute approximate surface area is 116 Å². The third-order valence-electron chi connectivity index (χ3n) is 2.69. The lowest BCUT2D eigenvalue weighted by Crippen LogP contribution is -2.13. The molecule has 18 heavy (non-hydrogen) atoms. The minimum absolute atomic E-state index is 0.0896. The van der Waals surface area contributed by atoms with Crippen molar-refractivity contribution in [1.82, 2.24) is 15.0 Å². The Balaban J connectivity index is 2.30. The van der Waals surface area contributed by atoms with Crippen molar-refractivity contribution >= 4 is 40.5 Å². The molecule has 0 aliphatic carbocycles. The molecule has 0 saturated heterocycles. The lowest BCUT2D eigenvalue weighted by molar-refractivity contribution is -0.115. The minimum atomic E-state index is -0.179. The molecule has 0 fully saturated rings. The van der Waals surface area contributed by atoms with Gasteiger partial charge in [0, 0.05) is 3.57 Å². The molecule has 2 aromatic rings. The van der Waals surface area contributed by atoms with Gasteiger partial charge in [0.15, 0.2) is 6.29 Å². The van der Waals surface area contributed by atoms with Crippen molar-refractivity contribution in [3.05, 3.63) is 33.2 Å². The van der Waals surface area contributed by atoms with Crippen LogP contribution in [-0.4, -0.2) is 27.2 Å². The van der Waals surface area contributed by atoms with Gasteiger partial charge in [0.25, 0.3) is 0 Å². The number of aromatic nitrogens is 3. The number of halogens is 1. The van der Waals surface area contributed by atoms with Crippen LogP contribution in [0.15, 0.2) is 18.2 Å². The van der Waals surface area contributed by atoms with Gasteiger partial charge >= 0.3 is 0 Å². The quantitative estimate of drug-likeness (QED) is 0.616. The maximum atomic E-state index is 11.8. The number of benzene rings is 1. The van der Waals surface area contributed by atoms with E-state index >= 15 is 0 Å². The summed E-state index contributed by atoms with van der Waals surface area (Å²) in [6.07, 6.45) is 0.706. The van der Waals surface area contributed by atoms with Crippen LogP contribution in [0.4, 0.5) is 5.69 Å². The third-order valence-corrected chi connectivity index (χ3v) is 3.37. The van der Waals surface area contributed by atoms with Gasteiger partial charge in [-0.3, -0.25) is 9.59 Å². The number of aldehydes is 1. The Hall–Kier alpha value is -1.77. The molecule has 0 saturated carbocycles. The fourth-order valence-corrected chi connectivity index (χ4v) is 2.37. The van der Waals surface area contributed by atoms with Gasteiger partial charge in [-0.25, -0.2) is 4.68 Å². The lowest BCUT2D eigenvalue weighted by Gasteiger charge is -2.07. The van der Waals surface area contributed by atoms with Crippen molar-refractivity contribution in [2.45, 2.75) is 6.42 Å². The highest BCUT2D eigenvalue weighted by molar-refractivity contribution is 14.1. The molecule has 2 heterocycles. The molecule has 1 aliphatic heterocycles. The fraction of sp³-hybridized carbons (Fsp3) is 0.0909. The van der Waals surface area contributed by atoms with Gasteiger partial charge in [-0.2, -0.15) is 0 Å². The topological polar surface area (TPSA) is 76.9 Å². The minimum Gasteiger partial charge on any atom is -0.324 e. The second-order valence-corrected chi connectivity index (χ2v) is 5.08. The molecule has 0 spiro atoms. The van der Waals surface area contributed by atoms with Crippen LogP contribution in [0, 0.1) is 3.57 Å². The van der Waals surface area contributed by atoms with Gasteiger partial charge in [0.1, 0.15) is 5.69 Å². The second-order valence-electron chi connectivity index (χ2n) is 3.84. The highest BCUT2D eigenvalue weighted by Gasteiger charge is 2.23. The van der Waals surface area contributed by atoms with Crippen LogP contribution in [0.25, 0.3) is 5.69 Å². The maximum absolute atomic E-state index is 11.8. The number of carbonyl (C=O) groups is 2. The molecule has 1 N–H and O–H groups in total. The zero-order valence-corrected chi connectivity index (χ0v) is 11.2. The van der Waals surface area contributed by atoms with E-state index in [1.807, 2.05) is 18.2 Å². The molecule has 0 atom stereocenters. The molecule has 90 valence electrons. The highest BCUT2D eigenvalue weighted by atomic mass is 127. The van der Waals surface area contributed by atoms with Crippen molar-refractivity contribution in [1.29, 1.82) is 0 Å². The van der Waals surface area contributed by atoms with Gasteiger partial charge in [-0.1, -0.05) is 5.21 Å². The number of hydrogen-bond acceptors (Lipinski definition) is 4. The number of fused-ring (bicyclic) bond motifs is 3. The summed E-state index contributed by atoms with van der Waals surface area (Å²) in [5.41, 5.74) is 2.12. The van der Waals surface area contributed by atoms with E-state index < -0.39 is 0 Å². The van der Waals surface area contributed by atoms with E-state index in [0.29, 0.717) is 17.7 Å². The highest BCUT2D eigenvalue weighted by Crippen LogP contribution is 2.27. The average Bonchev–Trinajstić information content (AvgIpc) is 2.68. The summed E-state index contributed by atoms with van der Waals surface area (Å²) in [6, 6.07) is 5.59. The first-order valence-corrected chi connectivity index (χ1v) is 6.26. The SMILES string of the molecule is O=Cc1nnn2c1CC(=O)Nc1ccc(I)cc1-2. The Kier molecular flexibility index (Phi) is 2.62. The Morgan fingerprint density at radius 3 is 3.06 bits per heavy atom. The molecule has 6 nitrogen and oxygen atoms in total. The van der Waals surface area contributed by atoms with Crippen LogP contribution in [0.1, 0.15) is 16.2 Å². The summed E-state index contributed by atoms with van der Waals surface area (Å²) in [4.78, 5) is 22.7. The molecular formula is C11H7IN4O2. The lowest BCUT2D eigenvalue weighted by atomic mass is 10.2. The van der Waals surface area contributed by atoms with E-state index in [1.165, 1.54) is 0 Å².